The van der Waals surface area contributed by atoms with Crippen LogP contribution in [0.5, 0.6) is 0 Å². The molecule has 2 heterocycles. The number of hydrogen-bond acceptors (Lipinski definition) is 5. The van der Waals surface area contributed by atoms with E-state index in [1.165, 1.54) is 6.42 Å². The Hall–Kier alpha value is -2.18. The van der Waals surface area contributed by atoms with Crippen LogP contribution in [0.2, 0.25) is 5.02 Å². The van der Waals surface area contributed by atoms with Gasteiger partial charge in [-0.2, -0.15) is 0 Å². The maximum Gasteiger partial charge on any atom is 0.287 e. The Morgan fingerprint density at radius 1 is 1.26 bits per heavy atom. The molecule has 2 aliphatic carbocycles. The van der Waals surface area contributed by atoms with Gasteiger partial charge in [0.25, 0.3) is 5.91 Å². The predicted molar refractivity (Wildman–Crippen MR) is 122 cm³/mol. The normalized spacial score (nSPS) is 20.8. The van der Waals surface area contributed by atoms with E-state index in [0.717, 1.165) is 66.6 Å². The first-order valence-electron chi connectivity index (χ1n) is 11.3. The molecular formula is C24H30ClN3O3. The summed E-state index contributed by atoms with van der Waals surface area (Å²) < 4.78 is 11.8. The van der Waals surface area contributed by atoms with E-state index >= 15 is 0 Å². The molecule has 0 saturated heterocycles. The second-order valence-electron chi connectivity index (χ2n) is 9.33. The van der Waals surface area contributed by atoms with Gasteiger partial charge in [0.15, 0.2) is 5.76 Å². The van der Waals surface area contributed by atoms with E-state index in [2.05, 4.69) is 22.5 Å². The summed E-state index contributed by atoms with van der Waals surface area (Å²) in [6.45, 7) is 8.09. The van der Waals surface area contributed by atoms with E-state index in [0.29, 0.717) is 30.5 Å². The Kier molecular flexibility index (Phi) is 5.18. The van der Waals surface area contributed by atoms with Gasteiger partial charge in [-0.15, -0.1) is 0 Å². The Morgan fingerprint density at radius 3 is 2.74 bits per heavy atom. The first-order chi connectivity index (χ1) is 15.0. The molecule has 3 aliphatic rings. The number of amides is 1. The summed E-state index contributed by atoms with van der Waals surface area (Å²) in [5.74, 6) is 0.883. The lowest BCUT2D eigenvalue weighted by Crippen LogP contribution is -2.48. The molecule has 1 spiro atoms. The summed E-state index contributed by atoms with van der Waals surface area (Å²) in [6.07, 6.45) is 7.61. The molecule has 31 heavy (non-hydrogen) atoms. The van der Waals surface area contributed by atoms with Crippen LogP contribution in [0.3, 0.4) is 0 Å². The fraction of sp³-hybridized carbons (Fsp3) is 0.542. The molecule has 6 nitrogen and oxygen atoms in total. The maximum absolute atomic E-state index is 12.9. The zero-order chi connectivity index (χ0) is 21.6. The van der Waals surface area contributed by atoms with E-state index in [1.54, 1.807) is 6.07 Å². The van der Waals surface area contributed by atoms with Gasteiger partial charge in [0, 0.05) is 29.5 Å². The number of hydrogen-bond donors (Lipinski definition) is 3. The van der Waals surface area contributed by atoms with Gasteiger partial charge >= 0.3 is 0 Å². The van der Waals surface area contributed by atoms with Crippen molar-refractivity contribution < 1.29 is 13.9 Å². The molecule has 2 fully saturated rings. The van der Waals surface area contributed by atoms with Crippen LogP contribution in [-0.2, 0) is 10.3 Å². The first kappa shape index (κ1) is 20.7. The lowest BCUT2D eigenvalue weighted by atomic mass is 9.74. The molecule has 0 atom stereocenters. The number of halogens is 1. The second kappa shape index (κ2) is 7.75. The van der Waals surface area contributed by atoms with E-state index in [9.17, 15) is 4.79 Å². The molecule has 1 aromatic carbocycles. The van der Waals surface area contributed by atoms with Gasteiger partial charge in [0.1, 0.15) is 5.58 Å². The highest BCUT2D eigenvalue weighted by Crippen LogP contribution is 2.50. The second-order valence-corrected chi connectivity index (χ2v) is 9.74. The average Bonchev–Trinajstić information content (AvgIpc) is 3.41. The average molecular weight is 444 g/mol. The Balaban J connectivity index is 1.47. The van der Waals surface area contributed by atoms with Crippen molar-refractivity contribution in [2.45, 2.75) is 57.4 Å². The highest BCUT2D eigenvalue weighted by atomic mass is 35.5. The molecule has 3 N–H and O–H groups in total. The summed E-state index contributed by atoms with van der Waals surface area (Å²) in [6, 6.07) is 3.68. The van der Waals surface area contributed by atoms with Crippen LogP contribution in [0.25, 0.3) is 11.0 Å². The quantitative estimate of drug-likeness (QED) is 0.566. The van der Waals surface area contributed by atoms with Crippen LogP contribution in [0, 0.1) is 5.41 Å². The monoisotopic (exact) mass is 443 g/mol. The SMILES string of the molecule is C=C1Nc2c(Cl)cc3cc(C(=O)NCC4(COCC)CC4)oc3c2C2(CCCCC2)N1. The number of ether oxygens (including phenoxy) is 1. The number of nitrogens with one attached hydrogen (secondary N) is 3. The van der Waals surface area contributed by atoms with Gasteiger partial charge in [-0.25, -0.2) is 0 Å². The van der Waals surface area contributed by atoms with Crippen LogP contribution >= 0.6 is 11.6 Å². The highest BCUT2D eigenvalue weighted by molar-refractivity contribution is 6.34. The number of carbonyl (C=O) groups is 1. The molecule has 0 bridgehead atoms. The standard InChI is InChI=1S/C24H30ClN3O3/c1-3-30-14-23(9-10-23)13-26-22(29)18-12-16-11-17(25)20-19(21(16)31-18)24(28-15(2)27-20)7-5-4-6-8-24/h11-12,27-28H,2-10,13-14H2,1H3,(H,26,29). The van der Waals surface area contributed by atoms with Gasteiger partial charge in [0.05, 0.1) is 28.7 Å². The molecule has 1 aliphatic heterocycles. The topological polar surface area (TPSA) is 75.5 Å². The van der Waals surface area contributed by atoms with Gasteiger partial charge in [-0.3, -0.25) is 4.79 Å². The van der Waals surface area contributed by atoms with Crippen LogP contribution in [-0.4, -0.2) is 25.7 Å². The van der Waals surface area contributed by atoms with Gasteiger partial charge < -0.3 is 25.1 Å². The van der Waals surface area contributed by atoms with E-state index in [4.69, 9.17) is 20.8 Å². The van der Waals surface area contributed by atoms with Crippen LogP contribution in [0.4, 0.5) is 5.69 Å². The van der Waals surface area contributed by atoms with Crippen molar-refractivity contribution in [3.8, 4) is 0 Å². The van der Waals surface area contributed by atoms with Gasteiger partial charge in [-0.1, -0.05) is 37.4 Å². The third-order valence-corrected chi connectivity index (χ3v) is 7.33. The minimum Gasteiger partial charge on any atom is -0.450 e. The van der Waals surface area contributed by atoms with Crippen molar-refractivity contribution in [3.63, 3.8) is 0 Å². The van der Waals surface area contributed by atoms with E-state index in [-0.39, 0.29) is 16.9 Å². The molecular weight excluding hydrogens is 414 g/mol. The Morgan fingerprint density at radius 2 is 2.03 bits per heavy atom. The molecule has 7 heteroatoms. The van der Waals surface area contributed by atoms with Crippen molar-refractivity contribution in [2.75, 3.05) is 25.1 Å². The van der Waals surface area contributed by atoms with Gasteiger partial charge in [-0.05, 0) is 44.7 Å². The summed E-state index contributed by atoms with van der Waals surface area (Å²) in [7, 11) is 0. The lowest BCUT2D eigenvalue weighted by Gasteiger charge is -2.44. The largest absolute Gasteiger partial charge is 0.450 e. The smallest absolute Gasteiger partial charge is 0.287 e. The van der Waals surface area contributed by atoms with Crippen molar-refractivity contribution in [1.82, 2.24) is 10.6 Å². The summed E-state index contributed by atoms with van der Waals surface area (Å²) in [5.41, 5.74) is 2.42. The Bertz CT molecular complexity index is 1030. The number of benzene rings is 1. The molecule has 1 aromatic heterocycles. The molecule has 5 rings (SSSR count). The number of carbonyl (C=O) groups excluding carboxylic acids is 1. The Labute approximate surface area is 187 Å². The van der Waals surface area contributed by atoms with Crippen molar-refractivity contribution >= 4 is 34.2 Å². The van der Waals surface area contributed by atoms with E-state index < -0.39 is 0 Å². The molecule has 2 saturated carbocycles. The molecule has 2 aromatic rings. The third kappa shape index (κ3) is 3.70. The minimum atomic E-state index is -0.264. The molecule has 1 amide bonds. The number of furan rings is 1. The fourth-order valence-corrected chi connectivity index (χ4v) is 5.39. The van der Waals surface area contributed by atoms with Crippen LogP contribution in [0.1, 0.15) is 68.0 Å². The van der Waals surface area contributed by atoms with Crippen LogP contribution < -0.4 is 16.0 Å². The first-order valence-corrected chi connectivity index (χ1v) is 11.7. The summed E-state index contributed by atoms with van der Waals surface area (Å²) in [5, 5.41) is 11.4. The third-order valence-electron chi connectivity index (χ3n) is 7.03. The van der Waals surface area contributed by atoms with Crippen LogP contribution in [0.15, 0.2) is 28.9 Å². The molecule has 166 valence electrons. The maximum atomic E-state index is 12.9. The summed E-state index contributed by atoms with van der Waals surface area (Å²) in [4.78, 5) is 12.9. The summed E-state index contributed by atoms with van der Waals surface area (Å²) >= 11 is 6.67. The van der Waals surface area contributed by atoms with Crippen molar-refractivity contribution in [1.29, 1.82) is 0 Å². The minimum absolute atomic E-state index is 0.0838. The molecule has 0 radical (unpaired) electrons. The van der Waals surface area contributed by atoms with E-state index in [1.807, 2.05) is 13.0 Å². The molecule has 0 unspecified atom stereocenters. The lowest BCUT2D eigenvalue weighted by molar-refractivity contribution is 0.0845. The van der Waals surface area contributed by atoms with Gasteiger partial charge in [0.2, 0.25) is 0 Å². The van der Waals surface area contributed by atoms with Crippen molar-refractivity contribution in [3.05, 3.63) is 40.9 Å². The zero-order valence-corrected chi connectivity index (χ0v) is 18.8. The zero-order valence-electron chi connectivity index (χ0n) is 18.0. The van der Waals surface area contributed by atoms with Crippen molar-refractivity contribution in [2.24, 2.45) is 5.41 Å². The number of fused-ring (bicyclic) bond motifs is 4. The predicted octanol–water partition coefficient (Wildman–Crippen LogP) is 5.28. The number of rotatable bonds is 6. The fourth-order valence-electron chi connectivity index (χ4n) is 5.13. The highest BCUT2D eigenvalue weighted by Gasteiger charge is 2.44. The number of anilines is 1.